The summed E-state index contributed by atoms with van der Waals surface area (Å²) in [4.78, 5) is 10.4. The number of hydrogen-bond acceptors (Lipinski definition) is 2. The van der Waals surface area contributed by atoms with E-state index in [0.717, 1.165) is 6.29 Å². The van der Waals surface area contributed by atoms with E-state index >= 15 is 0 Å². The van der Waals surface area contributed by atoms with Crippen molar-refractivity contribution in [2.75, 3.05) is 6.16 Å². The zero-order valence-corrected chi connectivity index (χ0v) is 7.08. The van der Waals surface area contributed by atoms with Crippen molar-refractivity contribution in [3.63, 3.8) is 0 Å². The molecule has 0 bridgehead atoms. The zero-order valence-electron chi connectivity index (χ0n) is 5.92. The van der Waals surface area contributed by atoms with Crippen LogP contribution in [-0.4, -0.2) is 18.0 Å². The van der Waals surface area contributed by atoms with Crippen molar-refractivity contribution in [1.82, 2.24) is 0 Å². The first-order chi connectivity index (χ1) is 4.06. The van der Waals surface area contributed by atoms with Gasteiger partial charge in [-0.1, -0.05) is 13.8 Å². The fraction of sp³-hybridized carbons (Fsp3) is 0.833. The number of carbonyl (C=O) groups excluding carboxylic acids is 1. The monoisotopic (exact) mass is 147 g/mol. The highest BCUT2D eigenvalue weighted by Crippen LogP contribution is 2.13. The molecule has 0 saturated carbocycles. The Kier molecular flexibility index (Phi) is 3.31. The van der Waals surface area contributed by atoms with Crippen molar-refractivity contribution in [3.05, 3.63) is 0 Å². The van der Waals surface area contributed by atoms with E-state index in [1.54, 1.807) is 0 Å². The summed E-state index contributed by atoms with van der Waals surface area (Å²) < 4.78 is 0. The van der Waals surface area contributed by atoms with Gasteiger partial charge in [-0.2, -0.15) is 0 Å². The number of rotatable bonds is 3. The molecule has 0 aliphatic heterocycles. The molecule has 0 saturated heterocycles. The average molecular weight is 147 g/mol. The maximum Gasteiger partial charge on any atom is 0.140 e. The maximum atomic E-state index is 10.4. The molecule has 0 rings (SSSR count). The zero-order chi connectivity index (χ0) is 7.49. The van der Waals surface area contributed by atoms with Crippen LogP contribution in [0.15, 0.2) is 0 Å². The number of nitrogens with two attached hydrogens (primary N) is 1. The van der Waals surface area contributed by atoms with Crippen LogP contribution in [0.1, 0.15) is 13.8 Å². The van der Waals surface area contributed by atoms with Crippen molar-refractivity contribution < 1.29 is 4.79 Å². The molecule has 0 aromatic carbocycles. The van der Waals surface area contributed by atoms with E-state index < -0.39 is 5.54 Å². The molecule has 0 aliphatic rings. The van der Waals surface area contributed by atoms with E-state index in [2.05, 4.69) is 9.24 Å². The SMILES string of the molecule is CC(C)C(N)(C=O)CP. The minimum Gasteiger partial charge on any atom is -0.319 e. The predicted octanol–water partition coefficient (Wildman–Crippen LogP) is 0.414. The topological polar surface area (TPSA) is 43.1 Å². The van der Waals surface area contributed by atoms with E-state index in [-0.39, 0.29) is 5.92 Å². The Morgan fingerprint density at radius 1 is 1.78 bits per heavy atom. The summed E-state index contributed by atoms with van der Waals surface area (Å²) >= 11 is 0. The Morgan fingerprint density at radius 2 is 2.22 bits per heavy atom. The third-order valence-corrected chi connectivity index (χ3v) is 2.35. The standard InChI is InChI=1S/C6H14NOP/c1-5(2)6(7,3-8)4-9/h3,5H,4,7,9H2,1-2H3. The van der Waals surface area contributed by atoms with Gasteiger partial charge in [0.1, 0.15) is 6.29 Å². The molecular weight excluding hydrogens is 133 g/mol. The molecule has 2 N–H and O–H groups in total. The third kappa shape index (κ3) is 2.04. The van der Waals surface area contributed by atoms with Gasteiger partial charge in [-0.15, -0.1) is 9.24 Å². The highest BCUT2D eigenvalue weighted by Gasteiger charge is 2.25. The first kappa shape index (κ1) is 9.06. The Balaban J connectivity index is 4.08. The Labute approximate surface area is 58.4 Å². The summed E-state index contributed by atoms with van der Waals surface area (Å²) in [5.41, 5.74) is 5.02. The van der Waals surface area contributed by atoms with Gasteiger partial charge in [-0.3, -0.25) is 0 Å². The van der Waals surface area contributed by atoms with Gasteiger partial charge in [0.2, 0.25) is 0 Å². The summed E-state index contributed by atoms with van der Waals surface area (Å²) in [5.74, 6) is 0.215. The van der Waals surface area contributed by atoms with Gasteiger partial charge in [0.15, 0.2) is 0 Å². The molecular formula is C6H14NOP. The lowest BCUT2D eigenvalue weighted by molar-refractivity contribution is -0.112. The van der Waals surface area contributed by atoms with Crippen molar-refractivity contribution in [3.8, 4) is 0 Å². The lowest BCUT2D eigenvalue weighted by atomic mass is 9.91. The van der Waals surface area contributed by atoms with Crippen molar-refractivity contribution in [2.24, 2.45) is 11.7 Å². The largest absolute Gasteiger partial charge is 0.319 e. The van der Waals surface area contributed by atoms with Gasteiger partial charge >= 0.3 is 0 Å². The van der Waals surface area contributed by atoms with E-state index in [1.165, 1.54) is 0 Å². The van der Waals surface area contributed by atoms with Crippen LogP contribution >= 0.6 is 9.24 Å². The van der Waals surface area contributed by atoms with E-state index in [0.29, 0.717) is 6.16 Å². The lowest BCUT2D eigenvalue weighted by Gasteiger charge is -2.24. The predicted molar refractivity (Wildman–Crippen MR) is 42.4 cm³/mol. The summed E-state index contributed by atoms with van der Waals surface area (Å²) in [7, 11) is 2.48. The van der Waals surface area contributed by atoms with Gasteiger partial charge in [0.25, 0.3) is 0 Å². The minimum absolute atomic E-state index is 0.215. The number of hydrogen-bond donors (Lipinski definition) is 1. The highest BCUT2D eigenvalue weighted by molar-refractivity contribution is 7.16. The average Bonchev–Trinajstić information content (AvgIpc) is 1.86. The van der Waals surface area contributed by atoms with Gasteiger partial charge in [0, 0.05) is 0 Å². The second-order valence-corrected chi connectivity index (χ2v) is 3.00. The van der Waals surface area contributed by atoms with Crippen LogP contribution in [0.4, 0.5) is 0 Å². The molecule has 0 amide bonds. The maximum absolute atomic E-state index is 10.4. The molecule has 0 spiro atoms. The van der Waals surface area contributed by atoms with Gasteiger partial charge in [-0.05, 0) is 12.1 Å². The first-order valence-electron chi connectivity index (χ1n) is 3.02. The quantitative estimate of drug-likeness (QED) is 0.464. The Hall–Kier alpha value is 0.0600. The van der Waals surface area contributed by atoms with E-state index in [9.17, 15) is 4.79 Å². The molecule has 2 atom stereocenters. The van der Waals surface area contributed by atoms with Crippen LogP contribution < -0.4 is 5.73 Å². The molecule has 0 aliphatic carbocycles. The number of aldehydes is 1. The lowest BCUT2D eigenvalue weighted by Crippen LogP contribution is -2.48. The van der Waals surface area contributed by atoms with E-state index in [4.69, 9.17) is 5.73 Å². The smallest absolute Gasteiger partial charge is 0.140 e. The molecule has 3 heteroatoms. The Morgan fingerprint density at radius 3 is 2.22 bits per heavy atom. The van der Waals surface area contributed by atoms with Crippen LogP contribution in [0.25, 0.3) is 0 Å². The molecule has 2 unspecified atom stereocenters. The van der Waals surface area contributed by atoms with Crippen LogP contribution in [0.5, 0.6) is 0 Å². The van der Waals surface area contributed by atoms with E-state index in [1.807, 2.05) is 13.8 Å². The molecule has 0 radical (unpaired) electrons. The summed E-state index contributed by atoms with van der Waals surface area (Å²) in [6, 6.07) is 0. The van der Waals surface area contributed by atoms with Crippen molar-refractivity contribution >= 4 is 15.5 Å². The molecule has 0 aromatic heterocycles. The summed E-state index contributed by atoms with van der Waals surface area (Å²) in [6.07, 6.45) is 1.46. The Bertz CT molecular complexity index is 105. The molecule has 54 valence electrons. The fourth-order valence-electron chi connectivity index (χ4n) is 0.420. The van der Waals surface area contributed by atoms with Crippen LogP contribution in [0.2, 0.25) is 0 Å². The van der Waals surface area contributed by atoms with Gasteiger partial charge in [0.05, 0.1) is 5.54 Å². The fourth-order valence-corrected chi connectivity index (χ4v) is 0.988. The number of carbonyl (C=O) groups is 1. The second kappa shape index (κ2) is 3.28. The van der Waals surface area contributed by atoms with Gasteiger partial charge < -0.3 is 10.5 Å². The first-order valence-corrected chi connectivity index (χ1v) is 3.83. The molecule has 0 fully saturated rings. The molecule has 0 heterocycles. The second-order valence-electron chi connectivity index (χ2n) is 2.59. The summed E-state index contributed by atoms with van der Waals surface area (Å²) in [5, 5.41) is 0. The van der Waals surface area contributed by atoms with Crippen molar-refractivity contribution in [1.29, 1.82) is 0 Å². The normalized spacial score (nSPS) is 17.4. The van der Waals surface area contributed by atoms with Crippen molar-refractivity contribution in [2.45, 2.75) is 19.4 Å². The third-order valence-electron chi connectivity index (χ3n) is 1.65. The van der Waals surface area contributed by atoms with Crippen LogP contribution in [-0.2, 0) is 4.79 Å². The molecule has 2 nitrogen and oxygen atoms in total. The minimum atomic E-state index is -0.634. The highest BCUT2D eigenvalue weighted by atomic mass is 31.0. The van der Waals surface area contributed by atoms with Crippen LogP contribution in [0.3, 0.4) is 0 Å². The summed E-state index contributed by atoms with van der Waals surface area (Å²) in [6.45, 7) is 3.89. The van der Waals surface area contributed by atoms with Gasteiger partial charge in [-0.25, -0.2) is 0 Å². The molecule has 9 heavy (non-hydrogen) atoms. The van der Waals surface area contributed by atoms with Crippen LogP contribution in [0, 0.1) is 5.92 Å². The molecule has 0 aromatic rings.